The molecule has 0 amide bonds. The molecule has 2 aromatic carbocycles. The van der Waals surface area contributed by atoms with Crippen LogP contribution in [0.25, 0.3) is 11.0 Å². The van der Waals surface area contributed by atoms with E-state index in [0.717, 1.165) is 30.3 Å². The van der Waals surface area contributed by atoms with Crippen LogP contribution in [-0.4, -0.2) is 15.3 Å². The Labute approximate surface area is 146 Å². The van der Waals surface area contributed by atoms with Crippen LogP contribution >= 0.6 is 0 Å². The zero-order valence-electron chi connectivity index (χ0n) is 14.2. The Morgan fingerprint density at radius 3 is 2.68 bits per heavy atom. The number of hydrogen-bond donors (Lipinski definition) is 0. The summed E-state index contributed by atoms with van der Waals surface area (Å²) < 4.78 is 1.85. The lowest BCUT2D eigenvalue weighted by Gasteiger charge is -2.17. The highest BCUT2D eigenvalue weighted by Crippen LogP contribution is 2.27. The van der Waals surface area contributed by atoms with Crippen LogP contribution < -0.4 is 0 Å². The van der Waals surface area contributed by atoms with Crippen molar-refractivity contribution in [2.45, 2.75) is 31.6 Å². The SMILES string of the molecule is Cn1c(C(C#N)C(=O)c2ccc3c(c2)CCCC3)nc2ccccc21. The van der Waals surface area contributed by atoms with Gasteiger partial charge in [-0.25, -0.2) is 4.98 Å². The van der Waals surface area contributed by atoms with Gasteiger partial charge >= 0.3 is 0 Å². The Hall–Kier alpha value is -2.93. The molecule has 3 aromatic rings. The van der Waals surface area contributed by atoms with Gasteiger partial charge in [0, 0.05) is 12.6 Å². The van der Waals surface area contributed by atoms with Gasteiger partial charge in [-0.3, -0.25) is 4.79 Å². The molecule has 0 bridgehead atoms. The van der Waals surface area contributed by atoms with E-state index in [9.17, 15) is 10.1 Å². The van der Waals surface area contributed by atoms with E-state index in [1.165, 1.54) is 17.5 Å². The fourth-order valence-corrected chi connectivity index (χ4v) is 3.71. The van der Waals surface area contributed by atoms with Crippen LogP contribution in [0.1, 0.15) is 46.1 Å². The van der Waals surface area contributed by atoms with Gasteiger partial charge in [0.2, 0.25) is 0 Å². The maximum absolute atomic E-state index is 13.0. The molecule has 0 N–H and O–H groups in total. The summed E-state index contributed by atoms with van der Waals surface area (Å²) >= 11 is 0. The summed E-state index contributed by atoms with van der Waals surface area (Å²) in [5, 5.41) is 9.68. The number of carbonyl (C=O) groups excluding carboxylic acids is 1. The number of rotatable bonds is 3. The Balaban J connectivity index is 1.74. The summed E-state index contributed by atoms with van der Waals surface area (Å²) in [6, 6.07) is 15.7. The maximum Gasteiger partial charge on any atom is 0.187 e. The second kappa shape index (κ2) is 6.18. The number of nitriles is 1. The first kappa shape index (κ1) is 15.6. The van der Waals surface area contributed by atoms with Crippen LogP contribution in [0.15, 0.2) is 42.5 Å². The Bertz CT molecular complexity index is 1010. The minimum absolute atomic E-state index is 0.172. The van der Waals surface area contributed by atoms with Crippen LogP contribution in [-0.2, 0) is 19.9 Å². The number of benzene rings is 2. The standard InChI is InChI=1S/C21H19N3O/c1-24-19-9-5-4-8-18(19)23-21(24)17(13-22)20(25)16-11-10-14-6-2-3-7-15(14)12-16/h4-5,8-12,17H,2-3,6-7H2,1H3. The number of aryl methyl sites for hydroxylation is 3. The van der Waals surface area contributed by atoms with Gasteiger partial charge in [-0.2, -0.15) is 5.26 Å². The van der Waals surface area contributed by atoms with Crippen LogP contribution in [0.4, 0.5) is 0 Å². The molecule has 1 aromatic heterocycles. The highest BCUT2D eigenvalue weighted by Gasteiger charge is 2.27. The number of Topliss-reactive ketones (excluding diaryl/α,β-unsaturated/α-hetero) is 1. The van der Waals surface area contributed by atoms with E-state index >= 15 is 0 Å². The number of ketones is 1. The number of para-hydroxylation sites is 2. The summed E-state index contributed by atoms with van der Waals surface area (Å²) in [6.07, 6.45) is 4.47. The number of nitrogens with zero attached hydrogens (tertiary/aromatic N) is 3. The van der Waals surface area contributed by atoms with Crippen molar-refractivity contribution in [3.63, 3.8) is 0 Å². The normalized spacial score (nSPS) is 14.7. The van der Waals surface area contributed by atoms with E-state index in [0.29, 0.717) is 11.4 Å². The molecule has 4 nitrogen and oxygen atoms in total. The number of carbonyl (C=O) groups is 1. The molecule has 25 heavy (non-hydrogen) atoms. The first-order valence-electron chi connectivity index (χ1n) is 8.66. The number of aromatic nitrogens is 2. The van der Waals surface area contributed by atoms with Crippen molar-refractivity contribution in [3.05, 3.63) is 65.0 Å². The van der Waals surface area contributed by atoms with Crippen molar-refractivity contribution in [2.24, 2.45) is 7.05 Å². The highest BCUT2D eigenvalue weighted by molar-refractivity contribution is 6.03. The monoisotopic (exact) mass is 329 g/mol. The second-order valence-corrected chi connectivity index (χ2v) is 6.63. The predicted octanol–water partition coefficient (Wildman–Crippen LogP) is 3.94. The minimum atomic E-state index is -0.890. The maximum atomic E-state index is 13.0. The van der Waals surface area contributed by atoms with Gasteiger partial charge in [-0.1, -0.05) is 24.3 Å². The predicted molar refractivity (Wildman–Crippen MR) is 96.5 cm³/mol. The Morgan fingerprint density at radius 2 is 1.92 bits per heavy atom. The summed E-state index contributed by atoms with van der Waals surface area (Å²) in [6.45, 7) is 0. The molecule has 1 aliphatic carbocycles. The molecule has 0 fully saturated rings. The number of imidazole rings is 1. The van der Waals surface area contributed by atoms with Gasteiger partial charge in [0.25, 0.3) is 0 Å². The van der Waals surface area contributed by atoms with Crippen molar-refractivity contribution < 1.29 is 4.79 Å². The van der Waals surface area contributed by atoms with Gasteiger partial charge in [0.15, 0.2) is 11.7 Å². The lowest BCUT2D eigenvalue weighted by molar-refractivity contribution is 0.0975. The third-order valence-electron chi connectivity index (χ3n) is 5.10. The fourth-order valence-electron chi connectivity index (χ4n) is 3.71. The van der Waals surface area contributed by atoms with E-state index < -0.39 is 5.92 Å². The van der Waals surface area contributed by atoms with Crippen LogP contribution in [0, 0.1) is 11.3 Å². The lowest BCUT2D eigenvalue weighted by atomic mass is 9.88. The summed E-state index contributed by atoms with van der Waals surface area (Å²) in [5.74, 6) is -0.556. The molecule has 4 heteroatoms. The largest absolute Gasteiger partial charge is 0.330 e. The molecule has 0 radical (unpaired) electrons. The Morgan fingerprint density at radius 1 is 1.16 bits per heavy atom. The molecule has 1 unspecified atom stereocenters. The molecular weight excluding hydrogens is 310 g/mol. The van der Waals surface area contributed by atoms with Gasteiger partial charge in [-0.15, -0.1) is 0 Å². The number of fused-ring (bicyclic) bond motifs is 2. The zero-order valence-corrected chi connectivity index (χ0v) is 14.2. The van der Waals surface area contributed by atoms with E-state index in [1.807, 2.05) is 54.1 Å². The minimum Gasteiger partial charge on any atom is -0.330 e. The molecule has 1 aliphatic rings. The average Bonchev–Trinajstić information content (AvgIpc) is 2.99. The third kappa shape index (κ3) is 2.62. The molecule has 1 atom stereocenters. The van der Waals surface area contributed by atoms with Crippen molar-refractivity contribution in [2.75, 3.05) is 0 Å². The molecular formula is C21H19N3O. The molecule has 0 saturated heterocycles. The molecule has 0 aliphatic heterocycles. The van der Waals surface area contributed by atoms with Crippen molar-refractivity contribution in [1.82, 2.24) is 9.55 Å². The first-order valence-corrected chi connectivity index (χ1v) is 8.66. The van der Waals surface area contributed by atoms with Gasteiger partial charge < -0.3 is 4.57 Å². The fraction of sp³-hybridized carbons (Fsp3) is 0.286. The smallest absolute Gasteiger partial charge is 0.187 e. The van der Waals surface area contributed by atoms with E-state index in [2.05, 4.69) is 11.1 Å². The van der Waals surface area contributed by atoms with Crippen LogP contribution in [0.5, 0.6) is 0 Å². The zero-order chi connectivity index (χ0) is 17.4. The van der Waals surface area contributed by atoms with Crippen LogP contribution in [0.2, 0.25) is 0 Å². The third-order valence-corrected chi connectivity index (χ3v) is 5.10. The van der Waals surface area contributed by atoms with E-state index in [-0.39, 0.29) is 5.78 Å². The molecule has 0 spiro atoms. The van der Waals surface area contributed by atoms with Crippen molar-refractivity contribution in [3.8, 4) is 6.07 Å². The van der Waals surface area contributed by atoms with Gasteiger partial charge in [0.05, 0.1) is 17.1 Å². The highest BCUT2D eigenvalue weighted by atomic mass is 16.1. The molecule has 1 heterocycles. The average molecular weight is 329 g/mol. The van der Waals surface area contributed by atoms with E-state index in [1.54, 1.807) is 0 Å². The van der Waals surface area contributed by atoms with Crippen LogP contribution in [0.3, 0.4) is 0 Å². The van der Waals surface area contributed by atoms with Gasteiger partial charge in [0.1, 0.15) is 5.82 Å². The van der Waals surface area contributed by atoms with Crippen molar-refractivity contribution in [1.29, 1.82) is 5.26 Å². The quantitative estimate of drug-likeness (QED) is 0.684. The van der Waals surface area contributed by atoms with E-state index in [4.69, 9.17) is 0 Å². The second-order valence-electron chi connectivity index (χ2n) is 6.63. The topological polar surface area (TPSA) is 58.7 Å². The molecule has 4 rings (SSSR count). The summed E-state index contributed by atoms with van der Waals surface area (Å²) in [7, 11) is 1.86. The Kier molecular flexibility index (Phi) is 3.85. The first-order chi connectivity index (χ1) is 12.2. The lowest BCUT2D eigenvalue weighted by Crippen LogP contribution is -2.16. The van der Waals surface area contributed by atoms with Crippen molar-refractivity contribution >= 4 is 16.8 Å². The molecule has 0 saturated carbocycles. The number of hydrogen-bond acceptors (Lipinski definition) is 3. The summed E-state index contributed by atoms with van der Waals surface area (Å²) in [4.78, 5) is 17.6. The molecule has 124 valence electrons. The summed E-state index contributed by atoms with van der Waals surface area (Å²) in [5.41, 5.74) is 4.92. The van der Waals surface area contributed by atoms with Gasteiger partial charge in [-0.05, 0) is 55.0 Å².